The van der Waals surface area contributed by atoms with Gasteiger partial charge in [-0.25, -0.2) is 0 Å². The first kappa shape index (κ1) is 16.8. The second kappa shape index (κ2) is 7.64. The first-order valence-corrected chi connectivity index (χ1v) is 7.28. The van der Waals surface area contributed by atoms with Crippen molar-refractivity contribution in [2.24, 2.45) is 5.92 Å². The van der Waals surface area contributed by atoms with Crippen molar-refractivity contribution in [1.82, 2.24) is 0 Å². The Morgan fingerprint density at radius 3 is 2.87 bits per heavy atom. The average molecular weight is 319 g/mol. The number of nitro benzene ring substituents is 1. The lowest BCUT2D eigenvalue weighted by molar-refractivity contribution is -0.384. The number of benzene rings is 1. The number of nitro groups is 1. The van der Waals surface area contributed by atoms with Gasteiger partial charge in [0.1, 0.15) is 5.92 Å². The highest BCUT2D eigenvalue weighted by Gasteiger charge is 2.29. The van der Waals surface area contributed by atoms with E-state index in [0.717, 1.165) is 18.9 Å². The summed E-state index contributed by atoms with van der Waals surface area (Å²) in [6, 6.07) is 5.77. The largest absolute Gasteiger partial charge is 0.481 e. The van der Waals surface area contributed by atoms with E-state index >= 15 is 0 Å². The summed E-state index contributed by atoms with van der Waals surface area (Å²) in [5.41, 5.74) is 0.377. The molecule has 2 atom stereocenters. The number of allylic oxidation sites excluding steroid dienone is 1. The van der Waals surface area contributed by atoms with Gasteiger partial charge < -0.3 is 9.84 Å². The fourth-order valence-corrected chi connectivity index (χ4v) is 2.47. The van der Waals surface area contributed by atoms with E-state index in [2.05, 4.69) is 0 Å². The van der Waals surface area contributed by atoms with E-state index in [1.54, 1.807) is 6.07 Å². The number of carbonyl (C=O) groups is 2. The van der Waals surface area contributed by atoms with E-state index in [0.29, 0.717) is 12.2 Å². The quantitative estimate of drug-likeness (QED) is 0.358. The predicted octanol–water partition coefficient (Wildman–Crippen LogP) is 2.45. The number of carboxylic acid groups (broad SMARTS) is 1. The molecule has 1 fully saturated rings. The van der Waals surface area contributed by atoms with Crippen LogP contribution in [-0.4, -0.2) is 34.5 Å². The number of non-ortho nitro benzene ring substituents is 1. The summed E-state index contributed by atoms with van der Waals surface area (Å²) in [4.78, 5) is 33.6. The molecule has 0 amide bonds. The second-order valence-electron chi connectivity index (χ2n) is 5.35. The van der Waals surface area contributed by atoms with Crippen LogP contribution in [0.15, 0.2) is 30.3 Å². The number of aliphatic carboxylic acids is 1. The maximum absolute atomic E-state index is 12.1. The predicted molar refractivity (Wildman–Crippen MR) is 81.9 cm³/mol. The first-order valence-electron chi connectivity index (χ1n) is 7.28. The number of rotatable bonds is 7. The van der Waals surface area contributed by atoms with Crippen molar-refractivity contribution in [3.63, 3.8) is 0 Å². The van der Waals surface area contributed by atoms with E-state index in [1.807, 2.05) is 0 Å². The number of hydrogen-bond donors (Lipinski definition) is 1. The molecule has 0 aliphatic carbocycles. The van der Waals surface area contributed by atoms with Gasteiger partial charge in [-0.15, -0.1) is 0 Å². The highest BCUT2D eigenvalue weighted by atomic mass is 16.6. The summed E-state index contributed by atoms with van der Waals surface area (Å²) in [6.07, 6.45) is 4.12. The highest BCUT2D eigenvalue weighted by molar-refractivity contribution is 6.06. The average Bonchev–Trinajstić information content (AvgIpc) is 3.03. The molecule has 1 N–H and O–H groups in total. The zero-order valence-corrected chi connectivity index (χ0v) is 12.4. The molecular weight excluding hydrogens is 302 g/mol. The van der Waals surface area contributed by atoms with Crippen LogP contribution in [0.25, 0.3) is 6.08 Å². The zero-order valence-electron chi connectivity index (χ0n) is 12.4. The van der Waals surface area contributed by atoms with E-state index in [4.69, 9.17) is 4.74 Å². The molecule has 1 aliphatic heterocycles. The Bertz CT molecular complexity index is 633. The van der Waals surface area contributed by atoms with Crippen LogP contribution in [0, 0.1) is 16.0 Å². The third-order valence-electron chi connectivity index (χ3n) is 3.69. The van der Waals surface area contributed by atoms with Gasteiger partial charge in [0.15, 0.2) is 5.78 Å². The Morgan fingerprint density at radius 2 is 2.26 bits per heavy atom. The standard InChI is InChI=1S/C16H17NO6/c18-15(14(16(19)20)10-13-5-2-8-23-13)7-6-11-3-1-4-12(9-11)17(21)22/h1,3-4,6-7,9,13-14H,2,5,8,10H2,(H,19,20). The molecule has 1 aliphatic rings. The minimum Gasteiger partial charge on any atom is -0.481 e. The van der Waals surface area contributed by atoms with Gasteiger partial charge in [0.2, 0.25) is 0 Å². The first-order chi connectivity index (χ1) is 11.0. The molecule has 0 aromatic heterocycles. The highest BCUT2D eigenvalue weighted by Crippen LogP contribution is 2.21. The Balaban J connectivity index is 2.06. The number of ketones is 1. The monoisotopic (exact) mass is 319 g/mol. The van der Waals surface area contributed by atoms with Gasteiger partial charge in [-0.3, -0.25) is 19.7 Å². The maximum Gasteiger partial charge on any atom is 0.314 e. The Morgan fingerprint density at radius 1 is 1.48 bits per heavy atom. The van der Waals surface area contributed by atoms with E-state index in [9.17, 15) is 24.8 Å². The molecule has 2 rings (SSSR count). The molecule has 1 heterocycles. The molecule has 23 heavy (non-hydrogen) atoms. The van der Waals surface area contributed by atoms with Gasteiger partial charge in [0.25, 0.3) is 5.69 Å². The summed E-state index contributed by atoms with van der Waals surface area (Å²) >= 11 is 0. The van der Waals surface area contributed by atoms with Crippen LogP contribution in [0.5, 0.6) is 0 Å². The van der Waals surface area contributed by atoms with Crippen LogP contribution in [0.4, 0.5) is 5.69 Å². The lowest BCUT2D eigenvalue weighted by Gasteiger charge is -2.14. The normalized spacial score (nSPS) is 18.9. The van der Waals surface area contributed by atoms with Crippen LogP contribution in [0.1, 0.15) is 24.8 Å². The number of ether oxygens (including phenoxy) is 1. The second-order valence-corrected chi connectivity index (χ2v) is 5.35. The van der Waals surface area contributed by atoms with E-state index in [1.165, 1.54) is 24.3 Å². The van der Waals surface area contributed by atoms with Gasteiger partial charge in [0.05, 0.1) is 11.0 Å². The number of hydrogen-bond acceptors (Lipinski definition) is 5. The summed E-state index contributed by atoms with van der Waals surface area (Å²) in [5.74, 6) is -2.89. The topological polar surface area (TPSA) is 107 Å². The summed E-state index contributed by atoms with van der Waals surface area (Å²) in [7, 11) is 0. The Kier molecular flexibility index (Phi) is 5.59. The molecule has 1 aromatic carbocycles. The fraction of sp³-hybridized carbons (Fsp3) is 0.375. The molecule has 1 aromatic rings. The van der Waals surface area contributed by atoms with Gasteiger partial charge in [-0.05, 0) is 30.9 Å². The molecular formula is C16H17NO6. The van der Waals surface area contributed by atoms with Crippen LogP contribution < -0.4 is 0 Å². The summed E-state index contributed by atoms with van der Waals surface area (Å²) < 4.78 is 5.37. The molecule has 1 saturated heterocycles. The van der Waals surface area contributed by atoms with Crippen LogP contribution in [0.3, 0.4) is 0 Å². The van der Waals surface area contributed by atoms with Crippen molar-refractivity contribution >= 4 is 23.5 Å². The van der Waals surface area contributed by atoms with Gasteiger partial charge in [-0.2, -0.15) is 0 Å². The molecule has 2 unspecified atom stereocenters. The molecule has 7 nitrogen and oxygen atoms in total. The molecule has 0 spiro atoms. The maximum atomic E-state index is 12.1. The minimum absolute atomic E-state index is 0.0891. The third kappa shape index (κ3) is 4.72. The van der Waals surface area contributed by atoms with Crippen LogP contribution in [0.2, 0.25) is 0 Å². The van der Waals surface area contributed by atoms with Gasteiger partial charge in [-0.1, -0.05) is 18.2 Å². The smallest absolute Gasteiger partial charge is 0.314 e. The van der Waals surface area contributed by atoms with Gasteiger partial charge in [0, 0.05) is 18.7 Å². The van der Waals surface area contributed by atoms with Crippen LogP contribution >= 0.6 is 0 Å². The van der Waals surface area contributed by atoms with Crippen molar-refractivity contribution < 1.29 is 24.4 Å². The lowest BCUT2D eigenvalue weighted by atomic mass is 9.95. The SMILES string of the molecule is O=C(O)C(CC1CCCO1)C(=O)C=Cc1cccc([N+](=O)[O-])c1. The molecule has 7 heteroatoms. The van der Waals surface area contributed by atoms with Crippen molar-refractivity contribution in [1.29, 1.82) is 0 Å². The molecule has 0 radical (unpaired) electrons. The summed E-state index contributed by atoms with van der Waals surface area (Å²) in [5, 5.41) is 19.9. The Labute approximate surface area is 132 Å². The Hall–Kier alpha value is -2.54. The number of carbonyl (C=O) groups excluding carboxylic acids is 1. The van der Waals surface area contributed by atoms with Crippen molar-refractivity contribution in [3.05, 3.63) is 46.0 Å². The number of nitrogens with zero attached hydrogens (tertiary/aromatic N) is 1. The van der Waals surface area contributed by atoms with E-state index < -0.39 is 22.6 Å². The molecule has 0 bridgehead atoms. The van der Waals surface area contributed by atoms with Crippen molar-refractivity contribution in [2.45, 2.75) is 25.4 Å². The third-order valence-corrected chi connectivity index (χ3v) is 3.69. The zero-order chi connectivity index (χ0) is 16.8. The van der Waals surface area contributed by atoms with Crippen molar-refractivity contribution in [2.75, 3.05) is 6.61 Å². The molecule has 0 saturated carbocycles. The fourth-order valence-electron chi connectivity index (χ4n) is 2.47. The minimum atomic E-state index is -1.19. The summed E-state index contributed by atoms with van der Waals surface area (Å²) in [6.45, 7) is 0.592. The molecule has 122 valence electrons. The lowest BCUT2D eigenvalue weighted by Crippen LogP contribution is -2.26. The number of carboxylic acids is 1. The van der Waals surface area contributed by atoms with Crippen LogP contribution in [-0.2, 0) is 14.3 Å². The van der Waals surface area contributed by atoms with Gasteiger partial charge >= 0.3 is 5.97 Å². The van der Waals surface area contributed by atoms with E-state index in [-0.39, 0.29) is 18.2 Å². The van der Waals surface area contributed by atoms with Crippen molar-refractivity contribution in [3.8, 4) is 0 Å².